The minimum atomic E-state index is 0.567. The molecule has 1 aromatic carbocycles. The molecule has 88 valence electrons. The van der Waals surface area contributed by atoms with E-state index in [1.54, 1.807) is 7.11 Å². The van der Waals surface area contributed by atoms with Crippen molar-refractivity contribution in [2.45, 2.75) is 13.8 Å². The minimum absolute atomic E-state index is 0.567. The molecule has 1 rings (SSSR count). The number of para-hydroxylation sites is 2. The van der Waals surface area contributed by atoms with Gasteiger partial charge in [-0.1, -0.05) is 26.0 Å². The van der Waals surface area contributed by atoms with Gasteiger partial charge in [0.15, 0.2) is 5.11 Å². The molecule has 2 N–H and O–H groups in total. The fourth-order valence-electron chi connectivity index (χ4n) is 1.21. The van der Waals surface area contributed by atoms with Crippen LogP contribution in [0.1, 0.15) is 13.8 Å². The van der Waals surface area contributed by atoms with Gasteiger partial charge in [-0.3, -0.25) is 0 Å². The maximum absolute atomic E-state index is 5.22. The molecular weight excluding hydrogens is 220 g/mol. The van der Waals surface area contributed by atoms with Crippen molar-refractivity contribution in [1.82, 2.24) is 5.32 Å². The highest BCUT2D eigenvalue weighted by Gasteiger charge is 2.03. The van der Waals surface area contributed by atoms with Crippen LogP contribution in [0.5, 0.6) is 5.75 Å². The quantitative estimate of drug-likeness (QED) is 0.790. The van der Waals surface area contributed by atoms with Crippen molar-refractivity contribution >= 4 is 23.0 Å². The summed E-state index contributed by atoms with van der Waals surface area (Å²) in [5, 5.41) is 6.88. The average molecular weight is 238 g/mol. The van der Waals surface area contributed by atoms with Crippen molar-refractivity contribution in [2.24, 2.45) is 5.92 Å². The molecule has 0 aromatic heterocycles. The Labute approximate surface area is 102 Å². The molecule has 4 heteroatoms. The third kappa shape index (κ3) is 4.06. The molecular formula is C12H18N2OS. The van der Waals surface area contributed by atoms with Crippen LogP contribution in [-0.4, -0.2) is 18.8 Å². The van der Waals surface area contributed by atoms with Crippen LogP contribution in [0.3, 0.4) is 0 Å². The van der Waals surface area contributed by atoms with E-state index in [0.717, 1.165) is 18.0 Å². The fraction of sp³-hybridized carbons (Fsp3) is 0.417. The number of methoxy groups -OCH3 is 1. The van der Waals surface area contributed by atoms with Crippen LogP contribution < -0.4 is 15.4 Å². The monoisotopic (exact) mass is 238 g/mol. The summed E-state index contributed by atoms with van der Waals surface area (Å²) >= 11 is 5.18. The third-order valence-electron chi connectivity index (χ3n) is 2.03. The number of ether oxygens (including phenoxy) is 1. The van der Waals surface area contributed by atoms with Gasteiger partial charge in [0.05, 0.1) is 12.8 Å². The second-order valence-electron chi connectivity index (χ2n) is 3.93. The molecule has 0 bridgehead atoms. The predicted molar refractivity (Wildman–Crippen MR) is 72.1 cm³/mol. The molecule has 0 spiro atoms. The van der Waals surface area contributed by atoms with E-state index in [9.17, 15) is 0 Å². The van der Waals surface area contributed by atoms with E-state index in [4.69, 9.17) is 17.0 Å². The van der Waals surface area contributed by atoms with Gasteiger partial charge in [-0.15, -0.1) is 0 Å². The van der Waals surface area contributed by atoms with Crippen LogP contribution in [0, 0.1) is 5.92 Å². The zero-order chi connectivity index (χ0) is 12.0. The molecule has 0 radical (unpaired) electrons. The minimum Gasteiger partial charge on any atom is -0.495 e. The van der Waals surface area contributed by atoms with Gasteiger partial charge < -0.3 is 15.4 Å². The second-order valence-corrected chi connectivity index (χ2v) is 4.34. The molecule has 0 heterocycles. The molecule has 0 unspecified atom stereocenters. The van der Waals surface area contributed by atoms with Gasteiger partial charge in [0, 0.05) is 6.54 Å². The Kier molecular flexibility index (Phi) is 5.05. The Balaban J connectivity index is 2.55. The lowest BCUT2D eigenvalue weighted by Gasteiger charge is -2.14. The molecule has 0 atom stereocenters. The van der Waals surface area contributed by atoms with Crippen LogP contribution in [0.15, 0.2) is 24.3 Å². The predicted octanol–water partition coefficient (Wildman–Crippen LogP) is 2.64. The van der Waals surface area contributed by atoms with Crippen molar-refractivity contribution in [3.05, 3.63) is 24.3 Å². The van der Waals surface area contributed by atoms with E-state index in [1.165, 1.54) is 0 Å². The summed E-state index contributed by atoms with van der Waals surface area (Å²) in [5.74, 6) is 1.36. The Hall–Kier alpha value is -1.29. The van der Waals surface area contributed by atoms with E-state index >= 15 is 0 Å². The lowest BCUT2D eigenvalue weighted by molar-refractivity contribution is 0.417. The zero-order valence-electron chi connectivity index (χ0n) is 9.91. The summed E-state index contributed by atoms with van der Waals surface area (Å²) in [5.41, 5.74) is 0.881. The number of hydrogen-bond acceptors (Lipinski definition) is 2. The normalized spacial score (nSPS) is 10.0. The number of thiocarbonyl (C=S) groups is 1. The standard InChI is InChI=1S/C12H18N2OS/c1-9(2)8-13-12(16)14-10-6-4-5-7-11(10)15-3/h4-7,9H,8H2,1-3H3,(H2,13,14,16). The van der Waals surface area contributed by atoms with E-state index in [1.807, 2.05) is 24.3 Å². The number of rotatable bonds is 4. The van der Waals surface area contributed by atoms with Gasteiger partial charge in [-0.2, -0.15) is 0 Å². The number of benzene rings is 1. The summed E-state index contributed by atoms with van der Waals surface area (Å²) in [4.78, 5) is 0. The third-order valence-corrected chi connectivity index (χ3v) is 2.27. The van der Waals surface area contributed by atoms with E-state index in [-0.39, 0.29) is 0 Å². The summed E-state index contributed by atoms with van der Waals surface area (Å²) in [7, 11) is 1.64. The Morgan fingerprint density at radius 2 is 2.06 bits per heavy atom. The molecule has 0 aliphatic carbocycles. The van der Waals surface area contributed by atoms with Crippen LogP contribution in [-0.2, 0) is 0 Å². The van der Waals surface area contributed by atoms with Crippen LogP contribution in [0.25, 0.3) is 0 Å². The first kappa shape index (κ1) is 12.8. The molecule has 0 aliphatic rings. The van der Waals surface area contributed by atoms with E-state index in [2.05, 4.69) is 24.5 Å². The molecule has 0 fully saturated rings. The Morgan fingerprint density at radius 1 is 1.38 bits per heavy atom. The van der Waals surface area contributed by atoms with E-state index in [0.29, 0.717) is 11.0 Å². The number of anilines is 1. The highest BCUT2D eigenvalue weighted by atomic mass is 32.1. The van der Waals surface area contributed by atoms with Gasteiger partial charge >= 0.3 is 0 Å². The molecule has 0 saturated heterocycles. The number of hydrogen-bond donors (Lipinski definition) is 2. The largest absolute Gasteiger partial charge is 0.495 e. The van der Waals surface area contributed by atoms with Crippen molar-refractivity contribution in [2.75, 3.05) is 19.0 Å². The molecule has 16 heavy (non-hydrogen) atoms. The first-order chi connectivity index (χ1) is 7.63. The molecule has 0 saturated carbocycles. The highest BCUT2D eigenvalue weighted by Crippen LogP contribution is 2.22. The summed E-state index contributed by atoms with van der Waals surface area (Å²) in [6.07, 6.45) is 0. The molecule has 3 nitrogen and oxygen atoms in total. The average Bonchev–Trinajstić information content (AvgIpc) is 2.27. The lowest BCUT2D eigenvalue weighted by Crippen LogP contribution is -2.31. The first-order valence-corrected chi connectivity index (χ1v) is 5.72. The first-order valence-electron chi connectivity index (χ1n) is 5.31. The molecule has 1 aromatic rings. The topological polar surface area (TPSA) is 33.3 Å². The van der Waals surface area contributed by atoms with E-state index < -0.39 is 0 Å². The Morgan fingerprint density at radius 3 is 2.69 bits per heavy atom. The van der Waals surface area contributed by atoms with Gasteiger partial charge in [0.2, 0.25) is 0 Å². The van der Waals surface area contributed by atoms with Crippen LogP contribution in [0.2, 0.25) is 0 Å². The van der Waals surface area contributed by atoms with Crippen LogP contribution in [0.4, 0.5) is 5.69 Å². The molecule has 0 aliphatic heterocycles. The zero-order valence-corrected chi connectivity index (χ0v) is 10.7. The van der Waals surface area contributed by atoms with Gasteiger partial charge in [0.1, 0.15) is 5.75 Å². The maximum atomic E-state index is 5.22. The lowest BCUT2D eigenvalue weighted by atomic mass is 10.2. The summed E-state index contributed by atoms with van der Waals surface area (Å²) in [6, 6.07) is 7.69. The second kappa shape index (κ2) is 6.33. The Bertz CT molecular complexity index is 353. The maximum Gasteiger partial charge on any atom is 0.170 e. The SMILES string of the molecule is COc1ccccc1NC(=S)NCC(C)C. The summed E-state index contributed by atoms with van der Waals surface area (Å²) in [6.45, 7) is 5.14. The van der Waals surface area contributed by atoms with Crippen LogP contribution >= 0.6 is 12.2 Å². The smallest absolute Gasteiger partial charge is 0.170 e. The highest BCUT2D eigenvalue weighted by molar-refractivity contribution is 7.80. The molecule has 0 amide bonds. The van der Waals surface area contributed by atoms with Crippen molar-refractivity contribution < 1.29 is 4.74 Å². The van der Waals surface area contributed by atoms with Crippen molar-refractivity contribution in [3.8, 4) is 5.75 Å². The van der Waals surface area contributed by atoms with Crippen molar-refractivity contribution in [3.63, 3.8) is 0 Å². The van der Waals surface area contributed by atoms with Crippen molar-refractivity contribution in [1.29, 1.82) is 0 Å². The van der Waals surface area contributed by atoms with Gasteiger partial charge in [-0.05, 0) is 30.3 Å². The van der Waals surface area contributed by atoms with Gasteiger partial charge in [-0.25, -0.2) is 0 Å². The number of nitrogens with one attached hydrogen (secondary N) is 2. The fourth-order valence-corrected chi connectivity index (χ4v) is 1.40. The summed E-state index contributed by atoms with van der Waals surface area (Å²) < 4.78 is 5.22. The van der Waals surface area contributed by atoms with Gasteiger partial charge in [0.25, 0.3) is 0 Å².